The predicted molar refractivity (Wildman–Crippen MR) is 47.1 cm³/mol. The van der Waals surface area contributed by atoms with Gasteiger partial charge in [0, 0.05) is 13.1 Å². The van der Waals surface area contributed by atoms with E-state index in [4.69, 9.17) is 14.9 Å². The van der Waals surface area contributed by atoms with Crippen molar-refractivity contribution in [2.24, 2.45) is 0 Å². The highest BCUT2D eigenvalue weighted by atomic mass is 16.6. The number of likely N-dealkylation sites (N-methyl/N-ethyl adjacent to an activating group) is 1. The van der Waals surface area contributed by atoms with Gasteiger partial charge in [0.2, 0.25) is 0 Å². The molecule has 0 aromatic rings. The van der Waals surface area contributed by atoms with Crippen molar-refractivity contribution < 1.29 is 14.9 Å². The van der Waals surface area contributed by atoms with Gasteiger partial charge in [-0.3, -0.25) is 0 Å². The second-order valence-corrected chi connectivity index (χ2v) is 2.89. The molecular formula is C8H19NO3. The predicted octanol–water partition coefficient (Wildman–Crippen LogP) is -0.692. The summed E-state index contributed by atoms with van der Waals surface area (Å²) in [5.41, 5.74) is 0. The first-order chi connectivity index (χ1) is 5.70. The Morgan fingerprint density at radius 1 is 1.33 bits per heavy atom. The SMILES string of the molecule is CC1CO1.CN(CCO)CCO. The van der Waals surface area contributed by atoms with Crippen molar-refractivity contribution in [2.45, 2.75) is 13.0 Å². The Balaban J connectivity index is 0.000000247. The molecule has 1 rings (SSSR count). The van der Waals surface area contributed by atoms with Crippen LogP contribution in [0.3, 0.4) is 0 Å². The van der Waals surface area contributed by atoms with Gasteiger partial charge in [-0.2, -0.15) is 0 Å². The van der Waals surface area contributed by atoms with Crippen LogP contribution in [0, 0.1) is 0 Å². The molecule has 1 heterocycles. The quantitative estimate of drug-likeness (QED) is 0.558. The first-order valence-electron chi connectivity index (χ1n) is 4.22. The van der Waals surface area contributed by atoms with E-state index in [0.717, 1.165) is 6.61 Å². The molecule has 1 atom stereocenters. The van der Waals surface area contributed by atoms with E-state index in [9.17, 15) is 0 Å². The number of rotatable bonds is 4. The highest BCUT2D eigenvalue weighted by molar-refractivity contribution is 4.58. The number of hydrogen-bond donors (Lipinski definition) is 2. The molecule has 1 fully saturated rings. The third kappa shape index (κ3) is 9.84. The Morgan fingerprint density at radius 3 is 1.83 bits per heavy atom. The lowest BCUT2D eigenvalue weighted by molar-refractivity contribution is 0.184. The van der Waals surface area contributed by atoms with Crippen molar-refractivity contribution in [3.8, 4) is 0 Å². The topological polar surface area (TPSA) is 56.2 Å². The van der Waals surface area contributed by atoms with E-state index in [1.807, 2.05) is 11.9 Å². The van der Waals surface area contributed by atoms with Crippen LogP contribution < -0.4 is 0 Å². The fourth-order valence-corrected chi connectivity index (χ4v) is 0.549. The lowest BCUT2D eigenvalue weighted by Gasteiger charge is -2.11. The highest BCUT2D eigenvalue weighted by Crippen LogP contribution is 2.04. The summed E-state index contributed by atoms with van der Waals surface area (Å²) in [5.74, 6) is 0. The Bertz CT molecular complexity index is 90.3. The second-order valence-electron chi connectivity index (χ2n) is 2.89. The molecule has 1 aliphatic heterocycles. The Labute approximate surface area is 73.8 Å². The average molecular weight is 177 g/mol. The van der Waals surface area contributed by atoms with Gasteiger partial charge >= 0.3 is 0 Å². The first-order valence-corrected chi connectivity index (χ1v) is 4.22. The normalized spacial score (nSPS) is 20.2. The van der Waals surface area contributed by atoms with Gasteiger partial charge in [0.1, 0.15) is 0 Å². The molecule has 0 saturated carbocycles. The molecule has 2 N–H and O–H groups in total. The highest BCUT2D eigenvalue weighted by Gasteiger charge is 2.13. The largest absolute Gasteiger partial charge is 0.395 e. The maximum Gasteiger partial charge on any atom is 0.0781 e. The summed E-state index contributed by atoms with van der Waals surface area (Å²) in [7, 11) is 1.85. The molecule has 12 heavy (non-hydrogen) atoms. The molecule has 0 bridgehead atoms. The maximum absolute atomic E-state index is 8.34. The van der Waals surface area contributed by atoms with Gasteiger partial charge in [0.25, 0.3) is 0 Å². The van der Waals surface area contributed by atoms with Crippen LogP contribution in [0.5, 0.6) is 0 Å². The van der Waals surface area contributed by atoms with Gasteiger partial charge in [-0.1, -0.05) is 0 Å². The maximum atomic E-state index is 8.34. The zero-order valence-electron chi connectivity index (χ0n) is 7.86. The van der Waals surface area contributed by atoms with Crippen molar-refractivity contribution in [3.05, 3.63) is 0 Å². The fraction of sp³-hybridized carbons (Fsp3) is 1.00. The average Bonchev–Trinajstić information content (AvgIpc) is 2.74. The Kier molecular flexibility index (Phi) is 7.39. The van der Waals surface area contributed by atoms with Crippen molar-refractivity contribution in [3.63, 3.8) is 0 Å². The third-order valence-electron chi connectivity index (χ3n) is 1.46. The number of epoxide rings is 1. The molecule has 4 heteroatoms. The molecule has 74 valence electrons. The van der Waals surface area contributed by atoms with E-state index in [-0.39, 0.29) is 13.2 Å². The number of nitrogens with zero attached hydrogens (tertiary/aromatic N) is 1. The third-order valence-corrected chi connectivity index (χ3v) is 1.46. The van der Waals surface area contributed by atoms with Crippen LogP contribution in [0.2, 0.25) is 0 Å². The number of hydrogen-bond acceptors (Lipinski definition) is 4. The Hall–Kier alpha value is -0.160. The molecule has 1 aliphatic rings. The van der Waals surface area contributed by atoms with Gasteiger partial charge in [0.15, 0.2) is 0 Å². The molecule has 0 aromatic heterocycles. The summed E-state index contributed by atoms with van der Waals surface area (Å²) in [4.78, 5) is 1.86. The van der Waals surface area contributed by atoms with Crippen LogP contribution in [0.4, 0.5) is 0 Å². The summed E-state index contributed by atoms with van der Waals surface area (Å²) < 4.78 is 4.71. The lowest BCUT2D eigenvalue weighted by atomic mass is 10.5. The summed E-state index contributed by atoms with van der Waals surface area (Å²) in [6.07, 6.45) is 0.583. The number of aliphatic hydroxyl groups excluding tert-OH is 2. The van der Waals surface area contributed by atoms with Crippen molar-refractivity contribution in [1.82, 2.24) is 4.90 Å². The van der Waals surface area contributed by atoms with Gasteiger partial charge in [-0.05, 0) is 14.0 Å². The van der Waals surface area contributed by atoms with Crippen LogP contribution in [-0.2, 0) is 4.74 Å². The Morgan fingerprint density at radius 2 is 1.67 bits per heavy atom. The van der Waals surface area contributed by atoms with Crippen molar-refractivity contribution >= 4 is 0 Å². The van der Waals surface area contributed by atoms with E-state index < -0.39 is 0 Å². The molecule has 0 amide bonds. The molecule has 0 radical (unpaired) electrons. The van der Waals surface area contributed by atoms with Crippen molar-refractivity contribution in [1.29, 1.82) is 0 Å². The van der Waals surface area contributed by atoms with Crippen molar-refractivity contribution in [2.75, 3.05) is 40.0 Å². The second kappa shape index (κ2) is 7.49. The molecule has 1 unspecified atom stereocenters. The minimum atomic E-state index is 0.163. The van der Waals surface area contributed by atoms with Gasteiger partial charge in [-0.15, -0.1) is 0 Å². The molecular weight excluding hydrogens is 158 g/mol. The standard InChI is InChI=1S/C5H13NO2.C3H6O/c1-6(2-4-7)3-5-8;1-3-2-4-3/h7-8H,2-5H2,1H3;3H,2H2,1H3. The van der Waals surface area contributed by atoms with Crippen LogP contribution in [0.25, 0.3) is 0 Å². The van der Waals surface area contributed by atoms with E-state index in [2.05, 4.69) is 6.92 Å². The summed E-state index contributed by atoms with van der Waals surface area (Å²) in [6, 6.07) is 0. The van der Waals surface area contributed by atoms with E-state index in [1.165, 1.54) is 0 Å². The summed E-state index contributed by atoms with van der Waals surface area (Å²) >= 11 is 0. The molecule has 4 nitrogen and oxygen atoms in total. The molecule has 0 spiro atoms. The van der Waals surface area contributed by atoms with Gasteiger partial charge in [0.05, 0.1) is 25.9 Å². The smallest absolute Gasteiger partial charge is 0.0781 e. The van der Waals surface area contributed by atoms with E-state index in [0.29, 0.717) is 19.2 Å². The molecule has 1 saturated heterocycles. The first kappa shape index (κ1) is 11.8. The summed E-state index contributed by atoms with van der Waals surface area (Å²) in [5, 5.41) is 16.7. The zero-order valence-corrected chi connectivity index (χ0v) is 7.86. The van der Waals surface area contributed by atoms with E-state index >= 15 is 0 Å². The minimum absolute atomic E-state index is 0.163. The zero-order chi connectivity index (χ0) is 9.40. The minimum Gasteiger partial charge on any atom is -0.395 e. The summed E-state index contributed by atoms with van der Waals surface area (Å²) in [6.45, 7) is 4.65. The lowest BCUT2D eigenvalue weighted by Crippen LogP contribution is -2.25. The monoisotopic (exact) mass is 177 g/mol. The van der Waals surface area contributed by atoms with Crippen LogP contribution in [-0.4, -0.2) is 61.2 Å². The van der Waals surface area contributed by atoms with Crippen LogP contribution in [0.1, 0.15) is 6.92 Å². The van der Waals surface area contributed by atoms with Crippen LogP contribution in [0.15, 0.2) is 0 Å². The fourth-order valence-electron chi connectivity index (χ4n) is 0.549. The van der Waals surface area contributed by atoms with Gasteiger partial charge < -0.3 is 19.8 Å². The number of aliphatic hydroxyl groups is 2. The van der Waals surface area contributed by atoms with Crippen LogP contribution >= 0.6 is 0 Å². The molecule has 0 aromatic carbocycles. The van der Waals surface area contributed by atoms with Gasteiger partial charge in [-0.25, -0.2) is 0 Å². The van der Waals surface area contributed by atoms with E-state index in [1.54, 1.807) is 0 Å². The molecule has 0 aliphatic carbocycles. The number of ether oxygens (including phenoxy) is 1.